The molecule has 0 unspecified atom stereocenters. The maximum absolute atomic E-state index is 11.4. The number of carbonyl (C=O) groups is 2. The van der Waals surface area contributed by atoms with Crippen LogP contribution in [0.5, 0.6) is 0 Å². The summed E-state index contributed by atoms with van der Waals surface area (Å²) in [5.41, 5.74) is 2.20. The summed E-state index contributed by atoms with van der Waals surface area (Å²) in [6.45, 7) is 4.01. The van der Waals surface area contributed by atoms with Crippen molar-refractivity contribution < 1.29 is 14.3 Å². The van der Waals surface area contributed by atoms with Crippen molar-refractivity contribution in [3.8, 4) is 0 Å². The summed E-state index contributed by atoms with van der Waals surface area (Å²) in [5.74, 6) is -0.322. The second-order valence-electron chi connectivity index (χ2n) is 3.36. The van der Waals surface area contributed by atoms with Gasteiger partial charge in [0.1, 0.15) is 6.29 Å². The first-order valence-electron chi connectivity index (χ1n) is 4.99. The molecule has 0 saturated heterocycles. The fourth-order valence-corrected chi connectivity index (χ4v) is 1.90. The fourth-order valence-electron chi connectivity index (χ4n) is 1.40. The van der Waals surface area contributed by atoms with Crippen LogP contribution in [0, 0.1) is 6.92 Å². The molecule has 0 heterocycles. The minimum Gasteiger partial charge on any atom is -0.466 e. The van der Waals surface area contributed by atoms with Crippen molar-refractivity contribution in [1.82, 2.24) is 0 Å². The quantitative estimate of drug-likeness (QED) is 0.631. The van der Waals surface area contributed by atoms with Crippen LogP contribution in [-0.4, -0.2) is 18.9 Å². The summed E-state index contributed by atoms with van der Waals surface area (Å²) in [6, 6.07) is 3.55. The number of carbonyl (C=O) groups excluding carboxylic acids is 2. The molecule has 0 atom stereocenters. The molecule has 0 fully saturated rings. The maximum Gasteiger partial charge on any atom is 0.310 e. The van der Waals surface area contributed by atoms with Crippen molar-refractivity contribution in [2.45, 2.75) is 20.3 Å². The highest BCUT2D eigenvalue weighted by Crippen LogP contribution is 2.24. The second kappa shape index (κ2) is 5.80. The van der Waals surface area contributed by atoms with Crippen LogP contribution in [0.25, 0.3) is 0 Å². The third kappa shape index (κ3) is 2.92. The second-order valence-corrected chi connectivity index (χ2v) is 4.16. The summed E-state index contributed by atoms with van der Waals surface area (Å²) in [4.78, 5) is 22.2. The number of aryl methyl sites for hydroxylation is 1. The Bertz CT molecular complexity index is 413. The van der Waals surface area contributed by atoms with E-state index in [2.05, 4.69) is 15.9 Å². The van der Waals surface area contributed by atoms with E-state index in [-0.39, 0.29) is 12.4 Å². The van der Waals surface area contributed by atoms with E-state index in [0.717, 1.165) is 16.3 Å². The molecule has 16 heavy (non-hydrogen) atoms. The summed E-state index contributed by atoms with van der Waals surface area (Å²) in [5, 5.41) is 0. The molecule has 4 heteroatoms. The predicted molar refractivity (Wildman–Crippen MR) is 64.6 cm³/mol. The lowest BCUT2D eigenvalue weighted by Gasteiger charge is -2.09. The van der Waals surface area contributed by atoms with E-state index >= 15 is 0 Å². The Morgan fingerprint density at radius 2 is 2.19 bits per heavy atom. The van der Waals surface area contributed by atoms with Crippen LogP contribution >= 0.6 is 15.9 Å². The molecule has 0 N–H and O–H groups in total. The highest BCUT2D eigenvalue weighted by molar-refractivity contribution is 9.10. The minimum atomic E-state index is -0.322. The van der Waals surface area contributed by atoms with Gasteiger partial charge in [-0.1, -0.05) is 28.1 Å². The van der Waals surface area contributed by atoms with E-state index in [4.69, 9.17) is 4.74 Å². The van der Waals surface area contributed by atoms with Crippen LogP contribution in [-0.2, 0) is 16.0 Å². The first kappa shape index (κ1) is 12.9. The van der Waals surface area contributed by atoms with Crippen LogP contribution in [0.1, 0.15) is 28.4 Å². The van der Waals surface area contributed by atoms with E-state index < -0.39 is 0 Å². The molecule has 0 radical (unpaired) electrons. The fraction of sp³-hybridized carbons (Fsp3) is 0.333. The lowest BCUT2D eigenvalue weighted by molar-refractivity contribution is -0.142. The number of benzene rings is 1. The van der Waals surface area contributed by atoms with Gasteiger partial charge in [0, 0.05) is 10.0 Å². The standard InChI is InChI=1S/C12H13BrO3/c1-3-16-11(15)6-10-9(7-14)5-4-8(2)12(10)13/h4-5,7H,3,6H2,1-2H3. The Morgan fingerprint density at radius 1 is 1.50 bits per heavy atom. The van der Waals surface area contributed by atoms with Crippen molar-refractivity contribution in [1.29, 1.82) is 0 Å². The number of esters is 1. The number of hydrogen-bond acceptors (Lipinski definition) is 3. The predicted octanol–water partition coefficient (Wildman–Crippen LogP) is 2.68. The molecular formula is C12H13BrO3. The van der Waals surface area contributed by atoms with E-state index in [0.29, 0.717) is 17.7 Å². The molecule has 0 saturated carbocycles. The summed E-state index contributed by atoms with van der Waals surface area (Å²) >= 11 is 3.38. The molecule has 3 nitrogen and oxygen atoms in total. The van der Waals surface area contributed by atoms with Crippen molar-refractivity contribution in [3.05, 3.63) is 33.3 Å². The van der Waals surface area contributed by atoms with Gasteiger partial charge < -0.3 is 4.74 Å². The molecule has 0 spiro atoms. The summed E-state index contributed by atoms with van der Waals surface area (Å²) in [7, 11) is 0. The molecular weight excluding hydrogens is 272 g/mol. The van der Waals surface area contributed by atoms with Crippen molar-refractivity contribution in [2.75, 3.05) is 6.61 Å². The zero-order valence-electron chi connectivity index (χ0n) is 9.25. The van der Waals surface area contributed by atoms with Gasteiger partial charge in [0.05, 0.1) is 13.0 Å². The van der Waals surface area contributed by atoms with Gasteiger partial charge in [0.2, 0.25) is 0 Å². The lowest BCUT2D eigenvalue weighted by atomic mass is 10.0. The molecule has 0 aliphatic carbocycles. The van der Waals surface area contributed by atoms with Gasteiger partial charge in [-0.05, 0) is 25.0 Å². The molecule has 0 aliphatic heterocycles. The number of hydrogen-bond donors (Lipinski definition) is 0. The van der Waals surface area contributed by atoms with Gasteiger partial charge in [0.15, 0.2) is 0 Å². The van der Waals surface area contributed by atoms with Crippen molar-refractivity contribution >= 4 is 28.2 Å². The Hall–Kier alpha value is -1.16. The van der Waals surface area contributed by atoms with E-state index in [1.165, 1.54) is 0 Å². The number of aldehydes is 1. The number of halogens is 1. The molecule has 1 rings (SSSR count). The molecule has 86 valence electrons. The highest BCUT2D eigenvalue weighted by Gasteiger charge is 2.13. The monoisotopic (exact) mass is 284 g/mol. The average molecular weight is 285 g/mol. The number of ether oxygens (including phenoxy) is 1. The van der Waals surface area contributed by atoms with Crippen LogP contribution in [0.2, 0.25) is 0 Å². The average Bonchev–Trinajstić information content (AvgIpc) is 2.25. The SMILES string of the molecule is CCOC(=O)Cc1c(C=O)ccc(C)c1Br. The molecule has 0 amide bonds. The molecule has 1 aromatic rings. The molecule has 1 aromatic carbocycles. The van der Waals surface area contributed by atoms with E-state index in [9.17, 15) is 9.59 Å². The molecule has 0 aliphatic rings. The van der Waals surface area contributed by atoms with Gasteiger partial charge in [0.25, 0.3) is 0 Å². The van der Waals surface area contributed by atoms with Gasteiger partial charge in [-0.2, -0.15) is 0 Å². The maximum atomic E-state index is 11.4. The van der Waals surface area contributed by atoms with Crippen molar-refractivity contribution in [2.24, 2.45) is 0 Å². The van der Waals surface area contributed by atoms with Gasteiger partial charge in [-0.25, -0.2) is 0 Å². The Balaban J connectivity index is 3.05. The summed E-state index contributed by atoms with van der Waals surface area (Å²) in [6.07, 6.45) is 0.864. The van der Waals surface area contributed by atoms with E-state index in [1.807, 2.05) is 13.0 Å². The molecule has 0 bridgehead atoms. The van der Waals surface area contributed by atoms with Gasteiger partial charge in [-0.15, -0.1) is 0 Å². The molecule has 0 aromatic heterocycles. The third-order valence-electron chi connectivity index (χ3n) is 2.23. The van der Waals surface area contributed by atoms with E-state index in [1.54, 1.807) is 13.0 Å². The Labute approximate surface area is 103 Å². The van der Waals surface area contributed by atoms with Crippen LogP contribution < -0.4 is 0 Å². The van der Waals surface area contributed by atoms with Crippen LogP contribution in [0.15, 0.2) is 16.6 Å². The zero-order valence-corrected chi connectivity index (χ0v) is 10.8. The van der Waals surface area contributed by atoms with Gasteiger partial charge in [-0.3, -0.25) is 9.59 Å². The topological polar surface area (TPSA) is 43.4 Å². The number of rotatable bonds is 4. The van der Waals surface area contributed by atoms with Gasteiger partial charge >= 0.3 is 5.97 Å². The zero-order chi connectivity index (χ0) is 12.1. The van der Waals surface area contributed by atoms with Crippen LogP contribution in [0.3, 0.4) is 0 Å². The Kier molecular flexibility index (Phi) is 4.68. The first-order chi connectivity index (χ1) is 7.60. The first-order valence-corrected chi connectivity index (χ1v) is 5.78. The van der Waals surface area contributed by atoms with Crippen molar-refractivity contribution in [3.63, 3.8) is 0 Å². The normalized spacial score (nSPS) is 9.94. The minimum absolute atomic E-state index is 0.115. The smallest absolute Gasteiger partial charge is 0.310 e. The third-order valence-corrected chi connectivity index (χ3v) is 3.33. The largest absolute Gasteiger partial charge is 0.466 e. The summed E-state index contributed by atoms with van der Waals surface area (Å²) < 4.78 is 5.66. The Morgan fingerprint density at radius 3 is 2.75 bits per heavy atom. The lowest BCUT2D eigenvalue weighted by Crippen LogP contribution is -2.10. The highest BCUT2D eigenvalue weighted by atomic mass is 79.9. The van der Waals surface area contributed by atoms with Crippen LogP contribution in [0.4, 0.5) is 0 Å².